The number of hydrogen-bond donors (Lipinski definition) is 0. The summed E-state index contributed by atoms with van der Waals surface area (Å²) >= 11 is 0.316. The molecule has 0 aliphatic rings. The van der Waals surface area contributed by atoms with Gasteiger partial charge < -0.3 is 0 Å². The second-order valence-corrected chi connectivity index (χ2v) is 7.29. The minimum Gasteiger partial charge on any atom is -0.0950 e. The van der Waals surface area contributed by atoms with E-state index in [4.69, 9.17) is 0 Å². The van der Waals surface area contributed by atoms with Crippen molar-refractivity contribution in [3.05, 3.63) is 0 Å². The number of unbranched alkanes of at least 4 members (excludes halogenated alkanes) is 3. The molecule has 0 aliphatic carbocycles. The van der Waals surface area contributed by atoms with Gasteiger partial charge in [-0.1, -0.05) is 89.6 Å². The largest absolute Gasteiger partial charge is 0.237 e. The van der Waals surface area contributed by atoms with Gasteiger partial charge in [0.05, 0.1) is 0 Å². The Bertz CT molecular complexity index is 85.5. The van der Waals surface area contributed by atoms with E-state index < -0.39 is 0 Å². The van der Waals surface area contributed by atoms with Crippen LogP contribution in [-0.4, -0.2) is 15.2 Å². The van der Waals surface area contributed by atoms with Crippen LogP contribution < -0.4 is 0 Å². The maximum atomic E-state index is 2.33. The third kappa shape index (κ3) is 25.1. The molecule has 0 aliphatic heterocycles. The van der Waals surface area contributed by atoms with Crippen molar-refractivity contribution >= 4 is 15.2 Å². The molecule has 0 rings (SSSR count). The highest BCUT2D eigenvalue weighted by molar-refractivity contribution is 6.35. The second-order valence-electron chi connectivity index (χ2n) is 5.43. The normalized spacial score (nSPS) is 10.1. The average molecular weight is 228 g/mol. The standard InChI is InChI=1S/C6H14.2C4H9.Al.H/c1-3-5-6-4-2;2*1-4(2)3;;/h3-6H2,1-2H3;2*4H,1H2,2-3H3;;. The predicted molar refractivity (Wildman–Crippen MR) is 76.3 cm³/mol. The first-order valence-electron chi connectivity index (χ1n) is 7.04. The van der Waals surface area contributed by atoms with Gasteiger partial charge in [-0.2, -0.15) is 0 Å². The molecule has 0 radical (unpaired) electrons. The van der Waals surface area contributed by atoms with E-state index in [2.05, 4.69) is 41.5 Å². The quantitative estimate of drug-likeness (QED) is 0.417. The lowest BCUT2D eigenvalue weighted by molar-refractivity contribution is 0.700. The molecule has 0 saturated carbocycles. The van der Waals surface area contributed by atoms with Crippen LogP contribution in [0.15, 0.2) is 0 Å². The van der Waals surface area contributed by atoms with Gasteiger partial charge in [0.25, 0.3) is 0 Å². The zero-order valence-corrected chi connectivity index (χ0v) is 13.5. The van der Waals surface area contributed by atoms with E-state index in [1.807, 2.05) is 0 Å². The smallest absolute Gasteiger partial charge is 0.0950 e. The summed E-state index contributed by atoms with van der Waals surface area (Å²) in [6.45, 7) is 13.8. The van der Waals surface area contributed by atoms with Gasteiger partial charge in [-0.15, -0.1) is 0 Å². The van der Waals surface area contributed by atoms with Gasteiger partial charge in [0, 0.05) is 0 Å². The summed E-state index contributed by atoms with van der Waals surface area (Å²) in [6, 6.07) is 0. The van der Waals surface area contributed by atoms with E-state index in [1.54, 1.807) is 0 Å². The molecule has 92 valence electrons. The van der Waals surface area contributed by atoms with Crippen LogP contribution in [0.1, 0.15) is 67.2 Å². The molecule has 0 amide bonds. The van der Waals surface area contributed by atoms with Gasteiger partial charge in [-0.3, -0.25) is 0 Å². The molecule has 0 fully saturated rings. The first-order chi connectivity index (χ1) is 7.04. The van der Waals surface area contributed by atoms with Gasteiger partial charge in [0.15, 0.2) is 0 Å². The fourth-order valence-electron chi connectivity index (χ4n) is 1.43. The molecule has 0 heterocycles. The molecule has 0 nitrogen and oxygen atoms in total. The Hall–Kier alpha value is 0.532. The van der Waals surface area contributed by atoms with E-state index in [1.165, 1.54) is 36.2 Å². The topological polar surface area (TPSA) is 0 Å². The highest BCUT2D eigenvalue weighted by atomic mass is 27.1. The third-order valence-corrected chi connectivity index (χ3v) is 5.65. The summed E-state index contributed by atoms with van der Waals surface area (Å²) in [7, 11) is 0. The van der Waals surface area contributed by atoms with E-state index in [0.717, 1.165) is 11.8 Å². The van der Waals surface area contributed by atoms with Crippen molar-refractivity contribution in [2.24, 2.45) is 11.8 Å². The minimum absolute atomic E-state index is 0.316. The molecule has 0 N–H and O–H groups in total. The van der Waals surface area contributed by atoms with E-state index in [0.29, 0.717) is 15.2 Å². The SMILES string of the molecule is CC(C)[CH2][AlH][CH2]C(C)C.CCCCCC. The Morgan fingerprint density at radius 1 is 0.733 bits per heavy atom. The van der Waals surface area contributed by atoms with Crippen molar-refractivity contribution in [3.63, 3.8) is 0 Å². The average Bonchev–Trinajstić information content (AvgIpc) is 2.14. The van der Waals surface area contributed by atoms with E-state index in [9.17, 15) is 0 Å². The minimum atomic E-state index is 0.316. The highest BCUT2D eigenvalue weighted by Crippen LogP contribution is 2.05. The lowest BCUT2D eigenvalue weighted by atomic mass is 10.2. The molecule has 0 aromatic rings. The van der Waals surface area contributed by atoms with Crippen LogP contribution in [0.4, 0.5) is 0 Å². The van der Waals surface area contributed by atoms with Gasteiger partial charge in [-0.25, -0.2) is 0 Å². The molecular formula is C14H33Al. The maximum absolute atomic E-state index is 2.33. The van der Waals surface area contributed by atoms with Gasteiger partial charge in [-0.05, 0) is 0 Å². The summed E-state index contributed by atoms with van der Waals surface area (Å²) in [5, 5.41) is 3.08. The number of hydrogen-bond acceptors (Lipinski definition) is 0. The molecule has 0 bridgehead atoms. The van der Waals surface area contributed by atoms with Crippen LogP contribution in [-0.2, 0) is 0 Å². The molecule has 0 spiro atoms. The van der Waals surface area contributed by atoms with E-state index in [-0.39, 0.29) is 0 Å². The first kappa shape index (κ1) is 17.9. The molecule has 0 saturated heterocycles. The summed E-state index contributed by atoms with van der Waals surface area (Å²) in [5.41, 5.74) is 0. The third-order valence-electron chi connectivity index (χ3n) is 2.52. The van der Waals surface area contributed by atoms with Crippen LogP contribution in [0, 0.1) is 11.8 Å². The monoisotopic (exact) mass is 228 g/mol. The van der Waals surface area contributed by atoms with Crippen LogP contribution in [0.25, 0.3) is 0 Å². The van der Waals surface area contributed by atoms with Crippen LogP contribution >= 0.6 is 0 Å². The maximum Gasteiger partial charge on any atom is 0.237 e. The van der Waals surface area contributed by atoms with Crippen molar-refractivity contribution in [2.45, 2.75) is 77.8 Å². The van der Waals surface area contributed by atoms with Crippen molar-refractivity contribution < 1.29 is 0 Å². The Morgan fingerprint density at radius 3 is 1.27 bits per heavy atom. The van der Waals surface area contributed by atoms with Crippen LogP contribution in [0.5, 0.6) is 0 Å². The second kappa shape index (κ2) is 14.5. The molecular weight excluding hydrogens is 195 g/mol. The number of rotatable bonds is 7. The van der Waals surface area contributed by atoms with Gasteiger partial charge in [0.1, 0.15) is 0 Å². The molecule has 0 atom stereocenters. The van der Waals surface area contributed by atoms with Crippen molar-refractivity contribution in [1.82, 2.24) is 0 Å². The first-order valence-corrected chi connectivity index (χ1v) is 9.04. The van der Waals surface area contributed by atoms with Gasteiger partial charge >= 0.3 is 0 Å². The van der Waals surface area contributed by atoms with E-state index >= 15 is 0 Å². The molecule has 0 aromatic carbocycles. The van der Waals surface area contributed by atoms with Crippen LogP contribution in [0.3, 0.4) is 0 Å². The molecule has 0 aromatic heterocycles. The lowest BCUT2D eigenvalue weighted by Gasteiger charge is -2.03. The fourth-order valence-corrected chi connectivity index (χ4v) is 3.30. The van der Waals surface area contributed by atoms with Crippen LogP contribution in [0.2, 0.25) is 10.6 Å². The Balaban J connectivity index is 0. The molecule has 0 unspecified atom stereocenters. The lowest BCUT2D eigenvalue weighted by Crippen LogP contribution is -1.99. The summed E-state index contributed by atoms with van der Waals surface area (Å²) in [6.07, 6.45) is 5.54. The Kier molecular flexibility index (Phi) is 17.4. The molecule has 15 heavy (non-hydrogen) atoms. The zero-order valence-electron chi connectivity index (χ0n) is 12.1. The summed E-state index contributed by atoms with van der Waals surface area (Å²) < 4.78 is 0. The van der Waals surface area contributed by atoms with Crippen molar-refractivity contribution in [1.29, 1.82) is 0 Å². The zero-order chi connectivity index (χ0) is 12.1. The summed E-state index contributed by atoms with van der Waals surface area (Å²) in [4.78, 5) is 0. The summed E-state index contributed by atoms with van der Waals surface area (Å²) in [5.74, 6) is 1.91. The fraction of sp³-hybridized carbons (Fsp3) is 1.00. The van der Waals surface area contributed by atoms with Crippen molar-refractivity contribution in [3.8, 4) is 0 Å². The van der Waals surface area contributed by atoms with Gasteiger partial charge in [0.2, 0.25) is 15.2 Å². The molecule has 1 heteroatoms. The van der Waals surface area contributed by atoms with Crippen molar-refractivity contribution in [2.75, 3.05) is 0 Å². The predicted octanol–water partition coefficient (Wildman–Crippen LogP) is 5.16. The Labute approximate surface area is 105 Å². The highest BCUT2D eigenvalue weighted by Gasteiger charge is 1.99. The Morgan fingerprint density at radius 2 is 1.07 bits per heavy atom.